The van der Waals surface area contributed by atoms with Gasteiger partial charge >= 0.3 is 0 Å². The molecule has 1 rings (SSSR count). The van der Waals surface area contributed by atoms with Gasteiger partial charge in [0.1, 0.15) is 0 Å². The van der Waals surface area contributed by atoms with Gasteiger partial charge in [-0.15, -0.1) is 0 Å². The lowest BCUT2D eigenvalue weighted by Gasteiger charge is -2.28. The van der Waals surface area contributed by atoms with Gasteiger partial charge in [0.2, 0.25) is 0 Å². The molecule has 2 atom stereocenters. The molecule has 0 spiro atoms. The van der Waals surface area contributed by atoms with Crippen LogP contribution < -0.4 is 5.32 Å². The van der Waals surface area contributed by atoms with Crippen molar-refractivity contribution in [2.24, 2.45) is 0 Å². The first-order valence-corrected chi connectivity index (χ1v) is 7.69. The maximum absolute atomic E-state index is 6.12. The molecule has 0 heterocycles. The third kappa shape index (κ3) is 4.96. The van der Waals surface area contributed by atoms with Crippen LogP contribution in [0.15, 0.2) is 18.2 Å². The predicted octanol–water partition coefficient (Wildman–Crippen LogP) is 4.85. The van der Waals surface area contributed by atoms with Gasteiger partial charge in [0.15, 0.2) is 0 Å². The molecule has 1 aromatic carbocycles. The van der Waals surface area contributed by atoms with Crippen LogP contribution in [0.1, 0.15) is 45.2 Å². The first-order chi connectivity index (χ1) is 9.13. The minimum Gasteiger partial charge on any atom is -0.377 e. The molecule has 0 bridgehead atoms. The monoisotopic (exact) mass is 303 g/mol. The second-order valence-corrected chi connectivity index (χ2v) is 5.31. The highest BCUT2D eigenvalue weighted by atomic mass is 35.5. The topological polar surface area (TPSA) is 21.3 Å². The summed E-state index contributed by atoms with van der Waals surface area (Å²) < 4.78 is 5.88. The largest absolute Gasteiger partial charge is 0.377 e. The lowest BCUT2D eigenvalue weighted by atomic mass is 9.98. The van der Waals surface area contributed by atoms with E-state index in [4.69, 9.17) is 27.9 Å². The van der Waals surface area contributed by atoms with Crippen LogP contribution in [0.25, 0.3) is 0 Å². The van der Waals surface area contributed by atoms with E-state index in [0.717, 1.165) is 24.9 Å². The lowest BCUT2D eigenvalue weighted by Crippen LogP contribution is -2.34. The summed E-state index contributed by atoms with van der Waals surface area (Å²) in [5.74, 6) is 0. The second kappa shape index (κ2) is 8.80. The van der Waals surface area contributed by atoms with Crippen LogP contribution >= 0.6 is 23.2 Å². The Morgan fingerprint density at radius 3 is 2.42 bits per heavy atom. The zero-order valence-electron chi connectivity index (χ0n) is 11.9. The molecule has 0 aliphatic carbocycles. The summed E-state index contributed by atoms with van der Waals surface area (Å²) in [5.41, 5.74) is 1.13. The zero-order valence-corrected chi connectivity index (χ0v) is 13.4. The van der Waals surface area contributed by atoms with Crippen molar-refractivity contribution in [2.75, 3.05) is 13.2 Å². The predicted molar refractivity (Wildman–Crippen MR) is 83.2 cm³/mol. The summed E-state index contributed by atoms with van der Waals surface area (Å²) in [4.78, 5) is 0. The molecule has 19 heavy (non-hydrogen) atoms. The molecule has 108 valence electrons. The van der Waals surface area contributed by atoms with Gasteiger partial charge < -0.3 is 10.1 Å². The maximum atomic E-state index is 6.12. The minimum atomic E-state index is 0.152. The lowest BCUT2D eigenvalue weighted by molar-refractivity contribution is 0.0280. The molecule has 4 heteroatoms. The first kappa shape index (κ1) is 16.8. The van der Waals surface area contributed by atoms with Crippen molar-refractivity contribution in [3.05, 3.63) is 33.8 Å². The SMILES string of the molecule is CCCC(OCC)C(NCC)c1ccc(Cl)c(Cl)c1. The zero-order chi connectivity index (χ0) is 14.3. The summed E-state index contributed by atoms with van der Waals surface area (Å²) in [6, 6.07) is 5.94. The Morgan fingerprint density at radius 2 is 1.89 bits per heavy atom. The molecular formula is C15H23Cl2NO. The minimum absolute atomic E-state index is 0.152. The van der Waals surface area contributed by atoms with Crippen LogP contribution in [-0.2, 0) is 4.74 Å². The molecule has 0 radical (unpaired) electrons. The fourth-order valence-corrected chi connectivity index (χ4v) is 2.54. The Kier molecular flexibility index (Phi) is 7.77. The van der Waals surface area contributed by atoms with Gasteiger partial charge in [0, 0.05) is 6.61 Å². The van der Waals surface area contributed by atoms with Crippen LogP contribution in [0, 0.1) is 0 Å². The van der Waals surface area contributed by atoms with E-state index in [0.29, 0.717) is 16.7 Å². The molecule has 0 saturated heterocycles. The van der Waals surface area contributed by atoms with Crippen LogP contribution in [0.5, 0.6) is 0 Å². The standard InChI is InChI=1S/C15H23Cl2NO/c1-4-7-14(19-6-3)15(18-5-2)11-8-9-12(16)13(17)10-11/h8-10,14-15,18H,4-7H2,1-3H3. The summed E-state index contributed by atoms with van der Waals surface area (Å²) in [7, 11) is 0. The third-order valence-corrected chi connectivity index (χ3v) is 3.79. The number of benzene rings is 1. The van der Waals surface area contributed by atoms with Crippen LogP contribution in [0.3, 0.4) is 0 Å². The van der Waals surface area contributed by atoms with Crippen molar-refractivity contribution >= 4 is 23.2 Å². The highest BCUT2D eigenvalue weighted by molar-refractivity contribution is 6.42. The van der Waals surface area contributed by atoms with Gasteiger partial charge in [-0.05, 0) is 37.6 Å². The quantitative estimate of drug-likeness (QED) is 0.741. The Morgan fingerprint density at radius 1 is 1.16 bits per heavy atom. The van der Waals surface area contributed by atoms with Crippen molar-refractivity contribution in [1.82, 2.24) is 5.32 Å². The van der Waals surface area contributed by atoms with Crippen molar-refractivity contribution < 1.29 is 4.74 Å². The average Bonchev–Trinajstić information content (AvgIpc) is 2.39. The summed E-state index contributed by atoms with van der Waals surface area (Å²) in [5, 5.41) is 4.67. The van der Waals surface area contributed by atoms with Crippen LogP contribution in [-0.4, -0.2) is 19.3 Å². The molecule has 2 nitrogen and oxygen atoms in total. The van der Waals surface area contributed by atoms with Crippen LogP contribution in [0.4, 0.5) is 0 Å². The van der Waals surface area contributed by atoms with Gasteiger partial charge in [-0.2, -0.15) is 0 Å². The number of nitrogens with one attached hydrogen (secondary N) is 1. The second-order valence-electron chi connectivity index (χ2n) is 4.49. The fraction of sp³-hybridized carbons (Fsp3) is 0.600. The van der Waals surface area contributed by atoms with Gasteiger partial charge in [-0.25, -0.2) is 0 Å². The van der Waals surface area contributed by atoms with E-state index < -0.39 is 0 Å². The highest BCUT2D eigenvalue weighted by Gasteiger charge is 2.22. The molecule has 2 unspecified atom stereocenters. The molecule has 0 fully saturated rings. The molecule has 0 amide bonds. The molecular weight excluding hydrogens is 281 g/mol. The number of likely N-dealkylation sites (N-methyl/N-ethyl adjacent to an activating group) is 1. The number of ether oxygens (including phenoxy) is 1. The van der Waals surface area contributed by atoms with E-state index in [1.165, 1.54) is 0 Å². The molecule has 1 aromatic rings. The van der Waals surface area contributed by atoms with Crippen molar-refractivity contribution in [2.45, 2.75) is 45.8 Å². The molecule has 0 aliphatic heterocycles. The molecule has 0 saturated carbocycles. The maximum Gasteiger partial charge on any atom is 0.0769 e. The van der Waals surface area contributed by atoms with E-state index in [1.54, 1.807) is 0 Å². The van der Waals surface area contributed by atoms with E-state index in [9.17, 15) is 0 Å². The van der Waals surface area contributed by atoms with E-state index >= 15 is 0 Å². The van der Waals surface area contributed by atoms with Gasteiger partial charge in [0.25, 0.3) is 0 Å². The van der Waals surface area contributed by atoms with E-state index in [2.05, 4.69) is 19.2 Å². The summed E-state index contributed by atoms with van der Waals surface area (Å²) in [6.45, 7) is 7.90. The summed E-state index contributed by atoms with van der Waals surface area (Å²) >= 11 is 12.1. The number of rotatable bonds is 8. The number of halogens is 2. The average molecular weight is 304 g/mol. The van der Waals surface area contributed by atoms with Gasteiger partial charge in [-0.1, -0.05) is 49.5 Å². The normalized spacial score (nSPS) is 14.4. The Balaban J connectivity index is 2.98. The molecule has 0 aliphatic rings. The smallest absolute Gasteiger partial charge is 0.0769 e. The van der Waals surface area contributed by atoms with Crippen molar-refractivity contribution in [3.8, 4) is 0 Å². The molecule has 1 N–H and O–H groups in total. The Hall–Kier alpha value is -0.280. The first-order valence-electron chi connectivity index (χ1n) is 6.93. The highest BCUT2D eigenvalue weighted by Crippen LogP contribution is 2.29. The third-order valence-electron chi connectivity index (χ3n) is 3.05. The Bertz CT molecular complexity index is 378. The van der Waals surface area contributed by atoms with Crippen molar-refractivity contribution in [1.29, 1.82) is 0 Å². The van der Waals surface area contributed by atoms with Crippen molar-refractivity contribution in [3.63, 3.8) is 0 Å². The summed E-state index contributed by atoms with van der Waals surface area (Å²) in [6.07, 6.45) is 2.27. The number of hydrogen-bond donors (Lipinski definition) is 1. The van der Waals surface area contributed by atoms with Crippen LogP contribution in [0.2, 0.25) is 10.0 Å². The van der Waals surface area contributed by atoms with E-state index in [-0.39, 0.29) is 12.1 Å². The fourth-order valence-electron chi connectivity index (χ4n) is 2.23. The van der Waals surface area contributed by atoms with E-state index in [1.807, 2.05) is 25.1 Å². The van der Waals surface area contributed by atoms with Gasteiger partial charge in [0.05, 0.1) is 22.2 Å². The van der Waals surface area contributed by atoms with Gasteiger partial charge in [-0.3, -0.25) is 0 Å². The Labute approximate surface area is 126 Å². The number of hydrogen-bond acceptors (Lipinski definition) is 2. The molecule has 0 aromatic heterocycles.